The zero-order chi connectivity index (χ0) is 15.8. The minimum absolute atomic E-state index is 0.105. The molecule has 22 heavy (non-hydrogen) atoms. The number of aromatic amines is 1. The largest absolute Gasteiger partial charge is 0.359 e. The Hall–Kier alpha value is -2.34. The molecule has 1 amide bonds. The van der Waals surface area contributed by atoms with E-state index in [4.69, 9.17) is 0 Å². The van der Waals surface area contributed by atoms with E-state index in [2.05, 4.69) is 15.3 Å². The Morgan fingerprint density at radius 2 is 2.14 bits per heavy atom. The number of rotatable bonds is 6. The first-order valence-electron chi connectivity index (χ1n) is 6.82. The summed E-state index contributed by atoms with van der Waals surface area (Å²) in [6.07, 6.45) is 4.12. The molecule has 0 saturated heterocycles. The summed E-state index contributed by atoms with van der Waals surface area (Å²) in [5.41, 5.74) is 1.35. The Balaban J connectivity index is 1.96. The number of carbonyl (C=O) groups excluding carboxylic acids is 1. The van der Waals surface area contributed by atoms with E-state index in [0.29, 0.717) is 16.6 Å². The Morgan fingerprint density at radius 3 is 2.86 bits per heavy atom. The first kappa shape index (κ1) is 16.0. The number of amides is 1. The van der Waals surface area contributed by atoms with Gasteiger partial charge >= 0.3 is 0 Å². The molecule has 6 heteroatoms. The van der Waals surface area contributed by atoms with Crippen molar-refractivity contribution in [3.05, 3.63) is 64.1 Å². The van der Waals surface area contributed by atoms with Crippen molar-refractivity contribution >= 4 is 23.7 Å². The lowest BCUT2D eigenvalue weighted by Crippen LogP contribution is -2.22. The van der Waals surface area contributed by atoms with E-state index in [9.17, 15) is 9.59 Å². The molecule has 0 aliphatic rings. The highest BCUT2D eigenvalue weighted by Crippen LogP contribution is 2.12. The number of carbonyl (C=O) groups is 1. The molecular formula is C16H17N3O2S. The molecule has 0 aliphatic heterocycles. The van der Waals surface area contributed by atoms with E-state index in [1.54, 1.807) is 7.05 Å². The summed E-state index contributed by atoms with van der Waals surface area (Å²) >= 11 is 1.42. The lowest BCUT2D eigenvalue weighted by molar-refractivity contribution is -0.120. The maximum absolute atomic E-state index is 11.6. The SMILES string of the molecule is CNC(=O)Cc1cc(=O)[nH]c(SC/C=C/c2ccccc2)n1. The van der Waals surface area contributed by atoms with Gasteiger partial charge in [0.05, 0.1) is 12.1 Å². The van der Waals surface area contributed by atoms with Crippen LogP contribution in [0.25, 0.3) is 6.08 Å². The summed E-state index contributed by atoms with van der Waals surface area (Å²) in [4.78, 5) is 29.9. The highest BCUT2D eigenvalue weighted by atomic mass is 32.2. The van der Waals surface area contributed by atoms with E-state index < -0.39 is 0 Å². The second-order valence-corrected chi connectivity index (χ2v) is 5.52. The van der Waals surface area contributed by atoms with Crippen molar-refractivity contribution in [2.75, 3.05) is 12.8 Å². The van der Waals surface area contributed by atoms with Gasteiger partial charge in [0.1, 0.15) is 0 Å². The summed E-state index contributed by atoms with van der Waals surface area (Å²) in [5, 5.41) is 3.03. The molecule has 2 aromatic rings. The predicted octanol–water partition coefficient (Wildman–Crippen LogP) is 1.86. The smallest absolute Gasteiger partial charge is 0.251 e. The molecule has 1 aromatic heterocycles. The quantitative estimate of drug-likeness (QED) is 0.630. The third-order valence-electron chi connectivity index (χ3n) is 2.82. The molecule has 114 valence electrons. The summed E-state index contributed by atoms with van der Waals surface area (Å²) in [5.74, 6) is 0.513. The molecule has 2 N–H and O–H groups in total. The van der Waals surface area contributed by atoms with Crippen LogP contribution in [0.1, 0.15) is 11.3 Å². The zero-order valence-electron chi connectivity index (χ0n) is 12.2. The fraction of sp³-hybridized carbons (Fsp3) is 0.188. The van der Waals surface area contributed by atoms with Crippen LogP contribution in [0.3, 0.4) is 0 Å². The van der Waals surface area contributed by atoms with Crippen molar-refractivity contribution in [3.8, 4) is 0 Å². The third-order valence-corrected chi connectivity index (χ3v) is 3.65. The summed E-state index contributed by atoms with van der Waals surface area (Å²) in [7, 11) is 1.56. The monoisotopic (exact) mass is 315 g/mol. The number of thioether (sulfide) groups is 1. The zero-order valence-corrected chi connectivity index (χ0v) is 13.0. The van der Waals surface area contributed by atoms with Crippen LogP contribution in [-0.4, -0.2) is 28.7 Å². The van der Waals surface area contributed by atoms with Gasteiger partial charge in [-0.25, -0.2) is 4.98 Å². The Bertz CT molecular complexity index is 711. The average molecular weight is 315 g/mol. The molecule has 0 unspecified atom stereocenters. The number of hydrogen-bond donors (Lipinski definition) is 2. The number of nitrogens with one attached hydrogen (secondary N) is 2. The molecule has 1 aromatic carbocycles. The van der Waals surface area contributed by atoms with Crippen LogP contribution in [0.15, 0.2) is 52.4 Å². The lowest BCUT2D eigenvalue weighted by Gasteiger charge is -2.02. The average Bonchev–Trinajstić information content (AvgIpc) is 2.52. The Kier molecular flexibility index (Phi) is 5.97. The second kappa shape index (κ2) is 8.19. The molecule has 1 heterocycles. The maximum atomic E-state index is 11.6. The van der Waals surface area contributed by atoms with E-state index in [-0.39, 0.29) is 17.9 Å². The van der Waals surface area contributed by atoms with E-state index >= 15 is 0 Å². The third kappa shape index (κ3) is 5.21. The lowest BCUT2D eigenvalue weighted by atomic mass is 10.2. The number of likely N-dealkylation sites (N-methyl/N-ethyl adjacent to an activating group) is 1. The number of aromatic nitrogens is 2. The van der Waals surface area contributed by atoms with Crippen molar-refractivity contribution in [2.24, 2.45) is 0 Å². The van der Waals surface area contributed by atoms with Crippen LogP contribution in [0.4, 0.5) is 0 Å². The van der Waals surface area contributed by atoms with Gasteiger partial charge in [-0.05, 0) is 5.56 Å². The van der Waals surface area contributed by atoms with Crippen molar-refractivity contribution in [1.82, 2.24) is 15.3 Å². The number of H-pyrrole nitrogens is 1. The van der Waals surface area contributed by atoms with Crippen LogP contribution in [-0.2, 0) is 11.2 Å². The van der Waals surface area contributed by atoms with Gasteiger partial charge in [0.2, 0.25) is 5.91 Å². The van der Waals surface area contributed by atoms with Crippen molar-refractivity contribution in [1.29, 1.82) is 0 Å². The van der Waals surface area contributed by atoms with Crippen molar-refractivity contribution < 1.29 is 4.79 Å². The van der Waals surface area contributed by atoms with E-state index in [1.807, 2.05) is 42.5 Å². The van der Waals surface area contributed by atoms with Gasteiger partial charge in [0.25, 0.3) is 5.56 Å². The van der Waals surface area contributed by atoms with Gasteiger partial charge in [-0.15, -0.1) is 0 Å². The van der Waals surface area contributed by atoms with E-state index in [0.717, 1.165) is 5.56 Å². The minimum Gasteiger partial charge on any atom is -0.359 e. The predicted molar refractivity (Wildman–Crippen MR) is 88.8 cm³/mol. The molecule has 0 fully saturated rings. The molecule has 0 saturated carbocycles. The standard InChI is InChI=1S/C16H17N3O2S/c1-17-14(20)10-13-11-15(21)19-16(18-13)22-9-5-8-12-6-3-2-4-7-12/h2-8,11H,9-10H2,1H3,(H,17,20)(H,18,19,21)/b8-5+. The van der Waals surface area contributed by atoms with Gasteiger partial charge < -0.3 is 10.3 Å². The summed E-state index contributed by atoms with van der Waals surface area (Å²) in [6.45, 7) is 0. The first-order valence-corrected chi connectivity index (χ1v) is 7.81. The molecule has 0 spiro atoms. The molecule has 5 nitrogen and oxygen atoms in total. The van der Waals surface area contributed by atoms with Gasteiger partial charge in [0, 0.05) is 18.9 Å². The number of hydrogen-bond acceptors (Lipinski definition) is 4. The van der Waals surface area contributed by atoms with Gasteiger partial charge in [-0.3, -0.25) is 9.59 Å². The maximum Gasteiger partial charge on any atom is 0.251 e. The van der Waals surface area contributed by atoms with Crippen LogP contribution < -0.4 is 10.9 Å². The van der Waals surface area contributed by atoms with E-state index in [1.165, 1.54) is 17.8 Å². The highest BCUT2D eigenvalue weighted by Gasteiger charge is 2.05. The topological polar surface area (TPSA) is 74.8 Å². The molecule has 0 aliphatic carbocycles. The molecule has 0 radical (unpaired) electrons. The van der Waals surface area contributed by atoms with Crippen LogP contribution >= 0.6 is 11.8 Å². The Morgan fingerprint density at radius 1 is 1.36 bits per heavy atom. The molecule has 0 atom stereocenters. The molecule has 2 rings (SSSR count). The highest BCUT2D eigenvalue weighted by molar-refractivity contribution is 7.99. The summed E-state index contributed by atoms with van der Waals surface area (Å²) in [6, 6.07) is 11.3. The minimum atomic E-state index is -0.247. The van der Waals surface area contributed by atoms with Crippen LogP contribution in [0, 0.1) is 0 Å². The van der Waals surface area contributed by atoms with Crippen LogP contribution in [0.5, 0.6) is 0 Å². The normalized spacial score (nSPS) is 10.8. The summed E-state index contributed by atoms with van der Waals surface area (Å²) < 4.78 is 0. The number of benzene rings is 1. The van der Waals surface area contributed by atoms with Gasteiger partial charge in [0.15, 0.2) is 5.16 Å². The number of nitrogens with zero attached hydrogens (tertiary/aromatic N) is 1. The molecular weight excluding hydrogens is 298 g/mol. The van der Waals surface area contributed by atoms with Crippen molar-refractivity contribution in [3.63, 3.8) is 0 Å². The van der Waals surface area contributed by atoms with Gasteiger partial charge in [-0.2, -0.15) is 0 Å². The fourth-order valence-corrected chi connectivity index (χ4v) is 2.48. The fourth-order valence-electron chi connectivity index (χ4n) is 1.77. The second-order valence-electron chi connectivity index (χ2n) is 4.52. The van der Waals surface area contributed by atoms with Gasteiger partial charge in [-0.1, -0.05) is 54.2 Å². The van der Waals surface area contributed by atoms with Crippen molar-refractivity contribution in [2.45, 2.75) is 11.6 Å². The first-order chi connectivity index (χ1) is 10.7. The molecule has 0 bridgehead atoms. The van der Waals surface area contributed by atoms with Crippen LogP contribution in [0.2, 0.25) is 0 Å². The Labute approximate surface area is 132 Å².